The number of aromatic nitrogens is 3. The minimum Gasteiger partial charge on any atom is -0.379 e. The molecule has 2 fully saturated rings. The first kappa shape index (κ1) is 18.7. The van der Waals surface area contributed by atoms with Gasteiger partial charge in [0.1, 0.15) is 5.82 Å². The molecule has 0 spiro atoms. The number of ether oxygens (including phenoxy) is 1. The molecule has 2 aromatic rings. The van der Waals surface area contributed by atoms with Crippen LogP contribution in [0.2, 0.25) is 5.02 Å². The summed E-state index contributed by atoms with van der Waals surface area (Å²) in [6.45, 7) is 2.23. The Balaban J connectivity index is 1.52. The van der Waals surface area contributed by atoms with Crippen molar-refractivity contribution in [1.82, 2.24) is 25.0 Å². The number of hydrogen-bond donors (Lipinski definition) is 2. The number of carbonyl (C=O) groups excluding carboxylic acids is 2. The first-order valence-corrected chi connectivity index (χ1v) is 9.43. The van der Waals surface area contributed by atoms with Crippen LogP contribution >= 0.6 is 11.6 Å². The van der Waals surface area contributed by atoms with Crippen molar-refractivity contribution in [1.29, 1.82) is 0 Å². The number of amides is 2. The van der Waals surface area contributed by atoms with Crippen LogP contribution in [-0.2, 0) is 16.0 Å². The number of nitrogens with zero attached hydrogens (tertiary/aromatic N) is 3. The van der Waals surface area contributed by atoms with Crippen LogP contribution in [0.3, 0.4) is 0 Å². The molecular formula is C18H20ClN5O4. The summed E-state index contributed by atoms with van der Waals surface area (Å²) >= 11 is 6.02. The number of carbonyl (C=O) groups is 2. The van der Waals surface area contributed by atoms with Crippen molar-refractivity contribution in [3.8, 4) is 0 Å². The average Bonchev–Trinajstić information content (AvgIpc) is 2.86. The standard InChI is InChI=1S/C18H20ClN5O4/c19-13-3-1-2-12(4-13)17(26)23-6-11-7-24(14(8-23)10-28-9-11)16(25)5-15-20-18(27)22-21-15/h1-4,11,14H,5-10H2,(H2,20,21,22,27)/t11-,14-/m0/s1. The van der Waals surface area contributed by atoms with E-state index in [1.807, 2.05) is 0 Å². The van der Waals surface area contributed by atoms with Gasteiger partial charge in [0, 0.05) is 36.1 Å². The largest absolute Gasteiger partial charge is 0.379 e. The third-order valence-electron chi connectivity index (χ3n) is 5.02. The second-order valence-electron chi connectivity index (χ2n) is 7.13. The second kappa shape index (κ2) is 7.76. The molecule has 2 amide bonds. The highest BCUT2D eigenvalue weighted by Gasteiger charge is 2.37. The molecule has 2 aliphatic rings. The molecule has 1 aromatic heterocycles. The fourth-order valence-electron chi connectivity index (χ4n) is 3.75. The quantitative estimate of drug-likeness (QED) is 0.762. The molecule has 4 rings (SSSR count). The molecule has 0 aliphatic carbocycles. The van der Waals surface area contributed by atoms with Gasteiger partial charge in [-0.05, 0) is 18.2 Å². The fourth-order valence-corrected chi connectivity index (χ4v) is 3.94. The van der Waals surface area contributed by atoms with Gasteiger partial charge < -0.3 is 14.5 Å². The molecule has 10 heteroatoms. The van der Waals surface area contributed by atoms with E-state index in [-0.39, 0.29) is 30.2 Å². The maximum Gasteiger partial charge on any atom is 0.340 e. The Morgan fingerprint density at radius 2 is 2.11 bits per heavy atom. The summed E-state index contributed by atoms with van der Waals surface area (Å²) in [5.74, 6) is 0.0463. The van der Waals surface area contributed by atoms with Crippen molar-refractivity contribution >= 4 is 23.4 Å². The Hall–Kier alpha value is -2.65. The van der Waals surface area contributed by atoms with Crippen molar-refractivity contribution in [2.75, 3.05) is 32.8 Å². The van der Waals surface area contributed by atoms with E-state index in [1.165, 1.54) is 0 Å². The number of fused-ring (bicyclic) bond motifs is 3. The second-order valence-corrected chi connectivity index (χ2v) is 7.56. The molecule has 0 saturated carbocycles. The molecule has 2 atom stereocenters. The maximum atomic E-state index is 13.0. The lowest BCUT2D eigenvalue weighted by Crippen LogP contribution is -2.48. The number of hydrogen-bond acceptors (Lipinski definition) is 5. The molecule has 2 N–H and O–H groups in total. The van der Waals surface area contributed by atoms with Gasteiger partial charge in [-0.1, -0.05) is 17.7 Å². The van der Waals surface area contributed by atoms with Crippen molar-refractivity contribution < 1.29 is 14.3 Å². The van der Waals surface area contributed by atoms with Gasteiger partial charge in [0.05, 0.1) is 25.7 Å². The lowest BCUT2D eigenvalue weighted by molar-refractivity contribution is -0.133. The Labute approximate surface area is 165 Å². The summed E-state index contributed by atoms with van der Waals surface area (Å²) in [5.41, 5.74) is 0.0828. The summed E-state index contributed by atoms with van der Waals surface area (Å²) in [5, 5.41) is 6.57. The number of halogens is 1. The summed E-state index contributed by atoms with van der Waals surface area (Å²) < 4.78 is 5.72. The van der Waals surface area contributed by atoms with Gasteiger partial charge in [0.2, 0.25) is 5.91 Å². The molecule has 2 bridgehead atoms. The van der Waals surface area contributed by atoms with Gasteiger partial charge in [0.15, 0.2) is 0 Å². The highest BCUT2D eigenvalue weighted by Crippen LogP contribution is 2.22. The lowest BCUT2D eigenvalue weighted by atomic mass is 10.1. The first-order valence-electron chi connectivity index (χ1n) is 9.05. The molecule has 148 valence electrons. The van der Waals surface area contributed by atoms with Gasteiger partial charge in [-0.2, -0.15) is 5.10 Å². The number of H-pyrrole nitrogens is 2. The van der Waals surface area contributed by atoms with Crippen LogP contribution in [0.15, 0.2) is 29.1 Å². The topological polar surface area (TPSA) is 111 Å². The predicted molar refractivity (Wildman–Crippen MR) is 100 cm³/mol. The van der Waals surface area contributed by atoms with E-state index < -0.39 is 5.69 Å². The molecule has 28 heavy (non-hydrogen) atoms. The summed E-state index contributed by atoms with van der Waals surface area (Å²) in [7, 11) is 0. The van der Waals surface area contributed by atoms with Gasteiger partial charge >= 0.3 is 5.69 Å². The highest BCUT2D eigenvalue weighted by molar-refractivity contribution is 6.30. The molecule has 0 radical (unpaired) electrons. The number of nitrogens with one attached hydrogen (secondary N) is 2. The maximum absolute atomic E-state index is 13.0. The van der Waals surface area contributed by atoms with Crippen LogP contribution in [0.4, 0.5) is 0 Å². The van der Waals surface area contributed by atoms with Crippen LogP contribution in [0.1, 0.15) is 16.2 Å². The molecular weight excluding hydrogens is 386 g/mol. The highest BCUT2D eigenvalue weighted by atomic mass is 35.5. The van der Waals surface area contributed by atoms with Gasteiger partial charge in [-0.3, -0.25) is 14.6 Å². The zero-order valence-corrected chi connectivity index (χ0v) is 15.8. The smallest absolute Gasteiger partial charge is 0.340 e. The average molecular weight is 406 g/mol. The fraction of sp³-hybridized carbons (Fsp3) is 0.444. The third-order valence-corrected chi connectivity index (χ3v) is 5.25. The molecule has 9 nitrogen and oxygen atoms in total. The van der Waals surface area contributed by atoms with E-state index in [9.17, 15) is 14.4 Å². The number of rotatable bonds is 3. The SMILES string of the molecule is O=C(c1cccc(Cl)c1)N1C[C@@H]2COC[C@H](C1)N(C(=O)Cc1n[nH]c(=O)[nH]1)C2. The Morgan fingerprint density at radius 3 is 2.86 bits per heavy atom. The summed E-state index contributed by atoms with van der Waals surface area (Å²) in [4.78, 5) is 43.0. The van der Waals surface area contributed by atoms with Crippen molar-refractivity contribution in [3.63, 3.8) is 0 Å². The zero-order chi connectivity index (χ0) is 19.7. The van der Waals surface area contributed by atoms with Gasteiger partial charge in [-0.25, -0.2) is 9.89 Å². The molecule has 2 aliphatic heterocycles. The molecule has 3 heterocycles. The molecule has 2 saturated heterocycles. The van der Waals surface area contributed by atoms with Crippen molar-refractivity contribution in [2.45, 2.75) is 12.5 Å². The van der Waals surface area contributed by atoms with Crippen LogP contribution < -0.4 is 5.69 Å². The van der Waals surface area contributed by atoms with Crippen LogP contribution in [0.25, 0.3) is 0 Å². The third kappa shape index (κ3) is 3.95. The minimum atomic E-state index is -0.445. The van der Waals surface area contributed by atoms with Gasteiger partial charge in [0.25, 0.3) is 5.91 Å². The van der Waals surface area contributed by atoms with E-state index in [2.05, 4.69) is 15.2 Å². The lowest BCUT2D eigenvalue weighted by Gasteiger charge is -2.31. The Kier molecular flexibility index (Phi) is 5.19. The Morgan fingerprint density at radius 1 is 1.25 bits per heavy atom. The number of benzene rings is 1. The van der Waals surface area contributed by atoms with Crippen LogP contribution in [0.5, 0.6) is 0 Å². The predicted octanol–water partition coefficient (Wildman–Crippen LogP) is 0.293. The summed E-state index contributed by atoms with van der Waals surface area (Å²) in [6.07, 6.45) is -0.00972. The van der Waals surface area contributed by atoms with Crippen molar-refractivity contribution in [2.24, 2.45) is 5.92 Å². The van der Waals surface area contributed by atoms with E-state index in [0.717, 1.165) is 0 Å². The normalized spacial score (nSPS) is 22.0. The van der Waals surface area contributed by atoms with E-state index in [4.69, 9.17) is 16.3 Å². The summed E-state index contributed by atoms with van der Waals surface area (Å²) in [6, 6.07) is 6.61. The van der Waals surface area contributed by atoms with Crippen LogP contribution in [0, 0.1) is 5.92 Å². The minimum absolute atomic E-state index is 0.00972. The van der Waals surface area contributed by atoms with Crippen molar-refractivity contribution in [3.05, 3.63) is 51.2 Å². The number of aromatic amines is 2. The zero-order valence-electron chi connectivity index (χ0n) is 15.1. The van der Waals surface area contributed by atoms with Crippen LogP contribution in [-0.4, -0.2) is 75.7 Å². The molecule has 1 aromatic carbocycles. The first-order chi connectivity index (χ1) is 13.5. The van der Waals surface area contributed by atoms with Gasteiger partial charge in [-0.15, -0.1) is 0 Å². The van der Waals surface area contributed by atoms with E-state index in [0.29, 0.717) is 49.3 Å². The monoisotopic (exact) mass is 405 g/mol. The molecule has 0 unspecified atom stereocenters. The Bertz CT molecular complexity index is 942. The van der Waals surface area contributed by atoms with E-state index >= 15 is 0 Å². The van der Waals surface area contributed by atoms with E-state index in [1.54, 1.807) is 34.1 Å².